The number of fused-ring (bicyclic) bond motifs is 3. The van der Waals surface area contributed by atoms with Crippen LogP contribution in [0.2, 0.25) is 0 Å². The van der Waals surface area contributed by atoms with Crippen molar-refractivity contribution in [2.24, 2.45) is 0 Å². The molecule has 4 rings (SSSR count). The molecule has 8 nitrogen and oxygen atoms in total. The number of aryl methyl sites for hydroxylation is 1. The van der Waals surface area contributed by atoms with Crippen LogP contribution in [0, 0.1) is 0 Å². The van der Waals surface area contributed by atoms with Crippen LogP contribution in [0.3, 0.4) is 0 Å². The normalized spacial score (nSPS) is 13.1. The number of aromatic nitrogens is 1. The summed E-state index contributed by atoms with van der Waals surface area (Å²) >= 11 is 1.64. The van der Waals surface area contributed by atoms with Crippen LogP contribution in [0.4, 0.5) is 0 Å². The van der Waals surface area contributed by atoms with E-state index >= 15 is 0 Å². The Bertz CT molecular complexity index is 1390. The molecular formula is C27H34N2O6S2. The second kappa shape index (κ2) is 10.5. The van der Waals surface area contributed by atoms with E-state index < -0.39 is 10.1 Å². The maximum Gasteiger partial charge on any atom is 0.270 e. The SMILES string of the molecule is COc1cc2c(cc1OCCCOS(C)(=O)=O)-c1c(-c3cccs3)cc(C(=O)N(C)C(C)(C)C)n1CC2. The highest BCUT2D eigenvalue weighted by Gasteiger charge is 2.32. The molecular weight excluding hydrogens is 512 g/mol. The molecule has 0 saturated heterocycles. The Morgan fingerprint density at radius 1 is 1.14 bits per heavy atom. The number of ether oxygens (including phenoxy) is 2. The average molecular weight is 547 g/mol. The summed E-state index contributed by atoms with van der Waals surface area (Å²) in [5.74, 6) is 1.16. The van der Waals surface area contributed by atoms with Crippen LogP contribution >= 0.6 is 11.3 Å². The fourth-order valence-corrected chi connectivity index (χ4v) is 5.49. The number of hydrogen-bond acceptors (Lipinski definition) is 7. The summed E-state index contributed by atoms with van der Waals surface area (Å²) in [5.41, 5.74) is 4.47. The summed E-state index contributed by atoms with van der Waals surface area (Å²) in [6.45, 7) is 7.07. The van der Waals surface area contributed by atoms with Crippen molar-refractivity contribution >= 4 is 27.4 Å². The highest BCUT2D eigenvalue weighted by molar-refractivity contribution is 7.85. The summed E-state index contributed by atoms with van der Waals surface area (Å²) in [6, 6.07) is 10.1. The maximum absolute atomic E-state index is 13.6. The number of methoxy groups -OCH3 is 1. The van der Waals surface area contributed by atoms with Crippen molar-refractivity contribution in [2.75, 3.05) is 33.6 Å². The minimum absolute atomic E-state index is 0.0177. The van der Waals surface area contributed by atoms with Crippen LogP contribution in [-0.4, -0.2) is 63.0 Å². The number of thiophene rings is 1. The third-order valence-electron chi connectivity index (χ3n) is 6.51. The van der Waals surface area contributed by atoms with Gasteiger partial charge in [-0.25, -0.2) is 0 Å². The van der Waals surface area contributed by atoms with Gasteiger partial charge in [0.05, 0.1) is 32.3 Å². The summed E-state index contributed by atoms with van der Waals surface area (Å²) in [6.07, 6.45) is 2.18. The number of carbonyl (C=O) groups is 1. The van der Waals surface area contributed by atoms with E-state index in [9.17, 15) is 13.2 Å². The fourth-order valence-electron chi connectivity index (χ4n) is 4.33. The lowest BCUT2D eigenvalue weighted by molar-refractivity contribution is 0.0644. The first kappa shape index (κ1) is 27.2. The maximum atomic E-state index is 13.6. The minimum Gasteiger partial charge on any atom is -0.493 e. The van der Waals surface area contributed by atoms with Gasteiger partial charge < -0.3 is 18.9 Å². The van der Waals surface area contributed by atoms with Crippen molar-refractivity contribution in [3.05, 3.63) is 47.0 Å². The molecule has 2 aromatic heterocycles. The van der Waals surface area contributed by atoms with E-state index in [0.29, 0.717) is 30.2 Å². The average Bonchev–Trinajstić information content (AvgIpc) is 3.49. The van der Waals surface area contributed by atoms with Crippen molar-refractivity contribution in [3.8, 4) is 33.2 Å². The molecule has 1 aliphatic heterocycles. The van der Waals surface area contributed by atoms with Crippen molar-refractivity contribution < 1.29 is 26.9 Å². The number of nitrogens with zero attached hydrogens (tertiary/aromatic N) is 2. The number of hydrogen-bond donors (Lipinski definition) is 0. The molecule has 0 atom stereocenters. The standard InChI is InChI=1S/C27H34N2O6S2/c1-27(2,3)28(4)26(30)21-16-20(24-9-7-14-36-24)25-19-17-23(34-12-8-13-35-37(6,31)32)22(33-5)15-18(19)10-11-29(21)25/h7,9,14-17H,8,10-13H2,1-6H3. The molecule has 200 valence electrons. The van der Waals surface area contributed by atoms with Crippen LogP contribution < -0.4 is 9.47 Å². The molecule has 1 amide bonds. The molecule has 0 N–H and O–H groups in total. The Hall–Kier alpha value is -2.82. The molecule has 0 saturated carbocycles. The number of benzene rings is 1. The number of amides is 1. The van der Waals surface area contributed by atoms with E-state index in [4.69, 9.17) is 13.7 Å². The highest BCUT2D eigenvalue weighted by atomic mass is 32.2. The molecule has 3 aromatic rings. The summed E-state index contributed by atoms with van der Waals surface area (Å²) in [5, 5.41) is 2.03. The Labute approximate surface area is 222 Å². The summed E-state index contributed by atoms with van der Waals surface area (Å²) < 4.78 is 41.0. The molecule has 0 fully saturated rings. The lowest BCUT2D eigenvalue weighted by Gasteiger charge is -2.32. The fraction of sp³-hybridized carbons (Fsp3) is 0.444. The first-order chi connectivity index (χ1) is 17.4. The van der Waals surface area contributed by atoms with Crippen LogP contribution in [0.15, 0.2) is 35.7 Å². The van der Waals surface area contributed by atoms with Crippen LogP contribution in [0.5, 0.6) is 11.5 Å². The molecule has 10 heteroatoms. The van der Waals surface area contributed by atoms with E-state index in [-0.39, 0.29) is 24.7 Å². The predicted molar refractivity (Wildman–Crippen MR) is 146 cm³/mol. The zero-order chi connectivity index (χ0) is 27.0. The van der Waals surface area contributed by atoms with Crippen molar-refractivity contribution in [2.45, 2.75) is 45.7 Å². The topological polar surface area (TPSA) is 87.1 Å². The van der Waals surface area contributed by atoms with Gasteiger partial charge in [0, 0.05) is 41.6 Å². The molecule has 0 radical (unpaired) electrons. The van der Waals surface area contributed by atoms with Crippen LogP contribution in [0.25, 0.3) is 21.7 Å². The van der Waals surface area contributed by atoms with Gasteiger partial charge >= 0.3 is 0 Å². The molecule has 1 aliphatic rings. The smallest absolute Gasteiger partial charge is 0.270 e. The minimum atomic E-state index is -3.49. The molecule has 0 unspecified atom stereocenters. The van der Waals surface area contributed by atoms with Gasteiger partial charge in [-0.3, -0.25) is 8.98 Å². The molecule has 3 heterocycles. The van der Waals surface area contributed by atoms with Gasteiger partial charge in [0.2, 0.25) is 0 Å². The van der Waals surface area contributed by atoms with Gasteiger partial charge in [-0.2, -0.15) is 8.42 Å². The first-order valence-corrected chi connectivity index (χ1v) is 14.8. The Balaban J connectivity index is 1.75. The zero-order valence-corrected chi connectivity index (χ0v) is 23.8. The summed E-state index contributed by atoms with van der Waals surface area (Å²) in [4.78, 5) is 16.5. The Kier molecular flexibility index (Phi) is 7.73. The lowest BCUT2D eigenvalue weighted by Crippen LogP contribution is -2.43. The second-order valence-corrected chi connectivity index (χ2v) is 12.7. The van der Waals surface area contributed by atoms with Crippen molar-refractivity contribution in [1.82, 2.24) is 9.47 Å². The van der Waals surface area contributed by atoms with Crippen LogP contribution in [-0.2, 0) is 27.3 Å². The van der Waals surface area contributed by atoms with Gasteiger partial charge in [-0.1, -0.05) is 6.07 Å². The zero-order valence-electron chi connectivity index (χ0n) is 22.2. The van der Waals surface area contributed by atoms with Crippen molar-refractivity contribution in [3.63, 3.8) is 0 Å². The largest absolute Gasteiger partial charge is 0.493 e. The Morgan fingerprint density at radius 2 is 1.89 bits per heavy atom. The molecule has 0 bridgehead atoms. The van der Waals surface area contributed by atoms with E-state index in [0.717, 1.165) is 39.9 Å². The van der Waals surface area contributed by atoms with Crippen molar-refractivity contribution in [1.29, 1.82) is 0 Å². The predicted octanol–water partition coefficient (Wildman–Crippen LogP) is 5.06. The van der Waals surface area contributed by atoms with Crippen LogP contribution in [0.1, 0.15) is 43.2 Å². The summed E-state index contributed by atoms with van der Waals surface area (Å²) in [7, 11) is -0.0455. The second-order valence-electron chi connectivity index (χ2n) is 10.1. The van der Waals surface area contributed by atoms with Gasteiger partial charge in [-0.15, -0.1) is 11.3 Å². The first-order valence-electron chi connectivity index (χ1n) is 12.1. The Morgan fingerprint density at radius 3 is 2.51 bits per heavy atom. The lowest BCUT2D eigenvalue weighted by atomic mass is 9.95. The molecule has 37 heavy (non-hydrogen) atoms. The van der Waals surface area contributed by atoms with Gasteiger partial charge in [0.25, 0.3) is 16.0 Å². The van der Waals surface area contributed by atoms with E-state index in [1.54, 1.807) is 23.3 Å². The van der Waals surface area contributed by atoms with Gasteiger partial charge in [0.15, 0.2) is 11.5 Å². The van der Waals surface area contributed by atoms with E-state index in [2.05, 4.69) is 10.6 Å². The highest BCUT2D eigenvalue weighted by Crippen LogP contribution is 2.45. The molecule has 0 aliphatic carbocycles. The van der Waals surface area contributed by atoms with E-state index in [1.807, 2.05) is 57.5 Å². The molecule has 1 aromatic carbocycles. The van der Waals surface area contributed by atoms with Gasteiger partial charge in [-0.05, 0) is 62.4 Å². The van der Waals surface area contributed by atoms with Gasteiger partial charge in [0.1, 0.15) is 5.69 Å². The third kappa shape index (κ3) is 5.86. The number of rotatable bonds is 9. The van der Waals surface area contributed by atoms with E-state index in [1.165, 1.54) is 0 Å². The quantitative estimate of drug-likeness (QED) is 0.275. The number of carbonyl (C=O) groups excluding carboxylic acids is 1. The monoisotopic (exact) mass is 546 g/mol. The third-order valence-corrected chi connectivity index (χ3v) is 8.00. The molecule has 0 spiro atoms.